The second kappa shape index (κ2) is 5.81. The number of aliphatic hydroxyl groups excluding tert-OH is 1. The molecule has 0 unspecified atom stereocenters. The maximum Gasteiger partial charge on any atom is 0.245 e. The Hall–Kier alpha value is -0.730. The Morgan fingerprint density at radius 2 is 2.00 bits per heavy atom. The Balaban J connectivity index is 1.95. The Morgan fingerprint density at radius 3 is 2.67 bits per heavy atom. The number of hydrogen-bond acceptors (Lipinski definition) is 4. The third-order valence-corrected chi connectivity index (χ3v) is 7.66. The smallest absolute Gasteiger partial charge is 0.245 e. The minimum Gasteiger partial charge on any atom is -0.391 e. The third-order valence-electron chi connectivity index (χ3n) is 3.58. The van der Waals surface area contributed by atoms with Gasteiger partial charge in [-0.15, -0.1) is 11.3 Å². The van der Waals surface area contributed by atoms with Crippen molar-refractivity contribution < 1.29 is 13.5 Å². The molecule has 1 aliphatic rings. The van der Waals surface area contributed by atoms with Crippen LogP contribution in [-0.2, 0) is 29.6 Å². The fraction of sp³-hybridized carbons (Fsp3) is 0.286. The first-order valence-electron chi connectivity index (χ1n) is 6.48. The van der Waals surface area contributed by atoms with E-state index in [2.05, 4.69) is 15.9 Å². The molecular formula is C14H14BrNO3S2. The molecule has 1 aromatic heterocycles. The summed E-state index contributed by atoms with van der Waals surface area (Å²) in [5, 5.41) is 9.16. The molecule has 7 heteroatoms. The van der Waals surface area contributed by atoms with E-state index >= 15 is 0 Å². The normalized spacial score (nSPS) is 15.9. The maximum absolute atomic E-state index is 12.8. The fourth-order valence-corrected chi connectivity index (χ4v) is 6.38. The van der Waals surface area contributed by atoms with Crippen LogP contribution in [0.15, 0.2) is 39.0 Å². The van der Waals surface area contributed by atoms with Crippen LogP contribution in [0.3, 0.4) is 0 Å². The van der Waals surface area contributed by atoms with E-state index < -0.39 is 10.0 Å². The molecule has 112 valence electrons. The number of nitrogens with zero attached hydrogens (tertiary/aromatic N) is 1. The summed E-state index contributed by atoms with van der Waals surface area (Å²) >= 11 is 4.55. The zero-order valence-corrected chi connectivity index (χ0v) is 14.3. The van der Waals surface area contributed by atoms with E-state index in [0.29, 0.717) is 21.8 Å². The molecule has 21 heavy (non-hydrogen) atoms. The second-order valence-corrected chi connectivity index (χ2v) is 9.23. The summed E-state index contributed by atoms with van der Waals surface area (Å²) in [6, 6.07) is 9.47. The van der Waals surface area contributed by atoms with Crippen molar-refractivity contribution in [3.63, 3.8) is 0 Å². The zero-order chi connectivity index (χ0) is 15.0. The summed E-state index contributed by atoms with van der Waals surface area (Å²) in [6.07, 6.45) is 0.726. The van der Waals surface area contributed by atoms with Gasteiger partial charge in [-0.25, -0.2) is 8.42 Å². The van der Waals surface area contributed by atoms with E-state index in [1.807, 2.05) is 24.3 Å². The number of aliphatic hydroxyl groups is 1. The van der Waals surface area contributed by atoms with Crippen LogP contribution < -0.4 is 0 Å². The molecule has 1 aromatic carbocycles. The standard InChI is InChI=1S/C14H14BrNO3S2/c15-14-13(7-12(9-17)20-14)21(18,19)16-6-5-10-3-1-2-4-11(10)8-16/h1-4,7,17H,5-6,8-9H2. The molecule has 3 rings (SSSR count). The lowest BCUT2D eigenvalue weighted by atomic mass is 10.0. The van der Waals surface area contributed by atoms with E-state index in [9.17, 15) is 8.42 Å². The van der Waals surface area contributed by atoms with Crippen LogP contribution in [0.4, 0.5) is 0 Å². The van der Waals surface area contributed by atoms with Crippen LogP contribution in [-0.4, -0.2) is 24.4 Å². The Bertz CT molecular complexity index is 770. The predicted molar refractivity (Wildman–Crippen MR) is 85.7 cm³/mol. The molecule has 0 atom stereocenters. The predicted octanol–water partition coefficient (Wildman–Crippen LogP) is 2.75. The Kier molecular flexibility index (Phi) is 4.20. The molecule has 0 saturated heterocycles. The minimum absolute atomic E-state index is 0.151. The summed E-state index contributed by atoms with van der Waals surface area (Å²) in [4.78, 5) is 0.883. The highest BCUT2D eigenvalue weighted by Gasteiger charge is 2.30. The topological polar surface area (TPSA) is 57.6 Å². The molecule has 0 spiro atoms. The molecule has 2 heterocycles. The highest BCUT2D eigenvalue weighted by Crippen LogP contribution is 2.35. The van der Waals surface area contributed by atoms with Gasteiger partial charge in [0.15, 0.2) is 0 Å². The van der Waals surface area contributed by atoms with Gasteiger partial charge in [-0.1, -0.05) is 24.3 Å². The maximum atomic E-state index is 12.8. The number of sulfonamides is 1. The quantitative estimate of drug-likeness (QED) is 0.880. The molecule has 0 fully saturated rings. The van der Waals surface area contributed by atoms with E-state index in [-0.39, 0.29) is 11.5 Å². The lowest BCUT2D eigenvalue weighted by molar-refractivity contribution is 0.285. The largest absolute Gasteiger partial charge is 0.391 e. The first-order chi connectivity index (χ1) is 10.0. The van der Waals surface area contributed by atoms with Crippen molar-refractivity contribution in [2.45, 2.75) is 24.5 Å². The zero-order valence-electron chi connectivity index (χ0n) is 11.1. The van der Waals surface area contributed by atoms with Gasteiger partial charge in [0, 0.05) is 18.0 Å². The number of rotatable bonds is 3. The molecule has 2 aromatic rings. The molecule has 0 radical (unpaired) electrons. The summed E-state index contributed by atoms with van der Waals surface area (Å²) in [5.74, 6) is 0. The van der Waals surface area contributed by atoms with Crippen molar-refractivity contribution in [2.75, 3.05) is 6.54 Å². The van der Waals surface area contributed by atoms with Gasteiger partial charge in [-0.3, -0.25) is 0 Å². The lowest BCUT2D eigenvalue weighted by Crippen LogP contribution is -2.35. The molecule has 4 nitrogen and oxygen atoms in total. The van der Waals surface area contributed by atoms with Gasteiger partial charge < -0.3 is 5.11 Å². The fourth-order valence-electron chi connectivity index (χ4n) is 2.47. The molecule has 0 bridgehead atoms. The van der Waals surface area contributed by atoms with E-state index in [1.54, 1.807) is 6.07 Å². The Morgan fingerprint density at radius 1 is 1.29 bits per heavy atom. The van der Waals surface area contributed by atoms with Crippen LogP contribution in [0.5, 0.6) is 0 Å². The van der Waals surface area contributed by atoms with Gasteiger partial charge >= 0.3 is 0 Å². The first-order valence-corrected chi connectivity index (χ1v) is 9.53. The molecule has 1 N–H and O–H groups in total. The van der Waals surface area contributed by atoms with Crippen LogP contribution >= 0.6 is 27.3 Å². The van der Waals surface area contributed by atoms with Gasteiger partial charge in [0.05, 0.1) is 10.4 Å². The molecular weight excluding hydrogens is 374 g/mol. The lowest BCUT2D eigenvalue weighted by Gasteiger charge is -2.27. The molecule has 0 amide bonds. The summed E-state index contributed by atoms with van der Waals surface area (Å²) in [6.45, 7) is 0.729. The van der Waals surface area contributed by atoms with Crippen LogP contribution in [0.2, 0.25) is 0 Å². The third kappa shape index (κ3) is 2.80. The van der Waals surface area contributed by atoms with E-state index in [1.165, 1.54) is 21.2 Å². The van der Waals surface area contributed by atoms with Gasteiger partial charge in [0.1, 0.15) is 4.90 Å². The van der Waals surface area contributed by atoms with Crippen molar-refractivity contribution in [1.29, 1.82) is 0 Å². The van der Waals surface area contributed by atoms with Crippen LogP contribution in [0, 0.1) is 0 Å². The summed E-state index contributed by atoms with van der Waals surface area (Å²) in [5.41, 5.74) is 2.27. The summed E-state index contributed by atoms with van der Waals surface area (Å²) < 4.78 is 27.6. The van der Waals surface area contributed by atoms with Crippen LogP contribution in [0.25, 0.3) is 0 Å². The van der Waals surface area contributed by atoms with Crippen molar-refractivity contribution in [1.82, 2.24) is 4.31 Å². The minimum atomic E-state index is -3.54. The van der Waals surface area contributed by atoms with Crippen molar-refractivity contribution in [2.24, 2.45) is 0 Å². The van der Waals surface area contributed by atoms with Crippen LogP contribution in [0.1, 0.15) is 16.0 Å². The van der Waals surface area contributed by atoms with E-state index in [0.717, 1.165) is 12.0 Å². The highest BCUT2D eigenvalue weighted by molar-refractivity contribution is 9.11. The first kappa shape index (κ1) is 15.2. The number of hydrogen-bond donors (Lipinski definition) is 1. The van der Waals surface area contributed by atoms with Crippen molar-refractivity contribution in [3.8, 4) is 0 Å². The molecule has 1 aliphatic heterocycles. The van der Waals surface area contributed by atoms with Crippen molar-refractivity contribution >= 4 is 37.3 Å². The average molecular weight is 388 g/mol. The number of fused-ring (bicyclic) bond motifs is 1. The van der Waals surface area contributed by atoms with E-state index in [4.69, 9.17) is 5.11 Å². The molecule has 0 aliphatic carbocycles. The van der Waals surface area contributed by atoms with Crippen molar-refractivity contribution in [3.05, 3.63) is 50.1 Å². The summed E-state index contributed by atoms with van der Waals surface area (Å²) in [7, 11) is -3.54. The number of benzene rings is 1. The second-order valence-electron chi connectivity index (χ2n) is 4.87. The van der Waals surface area contributed by atoms with Gasteiger partial charge in [0.25, 0.3) is 0 Å². The average Bonchev–Trinajstić information content (AvgIpc) is 2.88. The van der Waals surface area contributed by atoms with Gasteiger partial charge in [-0.05, 0) is 39.5 Å². The number of halogens is 1. The Labute approximate surface area is 136 Å². The molecule has 0 saturated carbocycles. The van der Waals surface area contributed by atoms with Gasteiger partial charge in [0.2, 0.25) is 10.0 Å². The van der Waals surface area contributed by atoms with Gasteiger partial charge in [-0.2, -0.15) is 4.31 Å². The SMILES string of the molecule is O=S(=O)(c1cc(CO)sc1Br)N1CCc2ccccc2C1. The monoisotopic (exact) mass is 387 g/mol. The highest BCUT2D eigenvalue weighted by atomic mass is 79.9. The number of thiophene rings is 1.